The van der Waals surface area contributed by atoms with Gasteiger partial charge in [0, 0.05) is 31.6 Å². The van der Waals surface area contributed by atoms with Gasteiger partial charge in [-0.15, -0.1) is 0 Å². The number of nitrogens with zero attached hydrogens (tertiary/aromatic N) is 3. The summed E-state index contributed by atoms with van der Waals surface area (Å²) in [6.07, 6.45) is 1.67. The van der Waals surface area contributed by atoms with Crippen LogP contribution in [0.5, 0.6) is 5.75 Å². The molecule has 2 N–H and O–H groups in total. The van der Waals surface area contributed by atoms with Crippen molar-refractivity contribution in [3.63, 3.8) is 0 Å². The average molecular weight is 528 g/mol. The van der Waals surface area contributed by atoms with E-state index >= 15 is 0 Å². The van der Waals surface area contributed by atoms with E-state index in [0.717, 1.165) is 22.2 Å². The number of methoxy groups -OCH3 is 1. The summed E-state index contributed by atoms with van der Waals surface area (Å²) >= 11 is 6.11. The number of benzene rings is 2. The van der Waals surface area contributed by atoms with E-state index in [1.54, 1.807) is 11.7 Å². The normalized spacial score (nSPS) is 14.5. The van der Waals surface area contributed by atoms with Gasteiger partial charge in [0.15, 0.2) is 10.6 Å². The van der Waals surface area contributed by atoms with Gasteiger partial charge in [0.25, 0.3) is 11.1 Å². The van der Waals surface area contributed by atoms with E-state index in [1.807, 2.05) is 24.3 Å². The number of hydrogen-bond acceptors (Lipinski definition) is 7. The average Bonchev–Trinajstić information content (AvgIpc) is 3.37. The summed E-state index contributed by atoms with van der Waals surface area (Å²) in [5.41, 5.74) is 1.43. The van der Waals surface area contributed by atoms with Gasteiger partial charge in [-0.2, -0.15) is 5.10 Å². The second kappa shape index (κ2) is 11.3. The fraction of sp³-hybridized carbons (Fsp3) is 0.208. The molecule has 186 valence electrons. The summed E-state index contributed by atoms with van der Waals surface area (Å²) < 4.78 is 20.4. The smallest absolute Gasteiger partial charge is 0.293 e. The molecule has 3 aromatic rings. The second-order valence-corrected chi connectivity index (χ2v) is 9.10. The van der Waals surface area contributed by atoms with E-state index in [4.69, 9.17) is 17.0 Å². The Morgan fingerprint density at radius 1 is 1.17 bits per heavy atom. The molecule has 0 saturated carbocycles. The number of rotatable bonds is 9. The van der Waals surface area contributed by atoms with Crippen LogP contribution in [0, 0.1) is 10.6 Å². The zero-order valence-electron chi connectivity index (χ0n) is 19.2. The molecule has 1 aromatic heterocycles. The number of hydrogen-bond donors (Lipinski definition) is 2. The predicted molar refractivity (Wildman–Crippen MR) is 136 cm³/mol. The topological polar surface area (TPSA) is 109 Å². The third-order valence-corrected chi connectivity index (χ3v) is 6.59. The quantitative estimate of drug-likeness (QED) is 0.320. The molecule has 12 heteroatoms. The van der Waals surface area contributed by atoms with Crippen LogP contribution in [0.2, 0.25) is 0 Å². The summed E-state index contributed by atoms with van der Waals surface area (Å²) in [5, 5.41) is 9.31. The van der Waals surface area contributed by atoms with Crippen molar-refractivity contribution in [2.75, 3.05) is 20.2 Å². The van der Waals surface area contributed by atoms with Crippen molar-refractivity contribution in [1.82, 2.24) is 25.0 Å². The molecule has 0 aliphatic carbocycles. The molecular weight excluding hydrogens is 505 g/mol. The Balaban J connectivity index is 1.29. The number of nitrogens with one attached hydrogen (secondary N) is 2. The molecule has 0 atom stereocenters. The maximum absolute atomic E-state index is 13.1. The van der Waals surface area contributed by atoms with Crippen LogP contribution in [0.3, 0.4) is 0 Å². The van der Waals surface area contributed by atoms with Gasteiger partial charge in [0.1, 0.15) is 11.6 Å². The number of halogens is 1. The van der Waals surface area contributed by atoms with Crippen LogP contribution in [0.15, 0.2) is 53.4 Å². The van der Waals surface area contributed by atoms with Crippen LogP contribution in [0.1, 0.15) is 12.0 Å². The lowest BCUT2D eigenvalue weighted by atomic mass is 10.2. The third kappa shape index (κ3) is 5.89. The highest BCUT2D eigenvalue weighted by atomic mass is 32.2. The Morgan fingerprint density at radius 2 is 1.89 bits per heavy atom. The van der Waals surface area contributed by atoms with E-state index in [2.05, 4.69) is 15.5 Å². The van der Waals surface area contributed by atoms with Crippen LogP contribution in [0.4, 0.5) is 9.18 Å². The first-order valence-corrected chi connectivity index (χ1v) is 12.2. The molecule has 3 amide bonds. The van der Waals surface area contributed by atoms with E-state index in [1.165, 1.54) is 30.3 Å². The summed E-state index contributed by atoms with van der Waals surface area (Å²) in [4.78, 5) is 38.6. The maximum atomic E-state index is 13.1. The molecule has 0 radical (unpaired) electrons. The molecule has 0 unspecified atom stereocenters. The predicted octanol–water partition coefficient (Wildman–Crippen LogP) is 4.00. The molecule has 0 bridgehead atoms. The van der Waals surface area contributed by atoms with Gasteiger partial charge in [-0.05, 0) is 72.0 Å². The molecule has 2 heterocycles. The SMILES string of the molecule is COc1ccc(-c2n[nH]c(=S)n2CCC(=O)NCCN2C(=O)SC(=Cc3ccc(F)cc3)C2=O)cc1. The molecule has 0 spiro atoms. The number of carbonyl (C=O) groups is 3. The molecule has 2 aromatic carbocycles. The van der Waals surface area contributed by atoms with E-state index < -0.39 is 11.1 Å². The van der Waals surface area contributed by atoms with Crippen molar-refractivity contribution < 1.29 is 23.5 Å². The minimum absolute atomic E-state index is 0.0411. The number of aromatic nitrogens is 3. The number of carbonyl (C=O) groups excluding carboxylic acids is 3. The highest BCUT2D eigenvalue weighted by molar-refractivity contribution is 8.18. The number of H-pyrrole nitrogens is 1. The zero-order chi connectivity index (χ0) is 25.7. The standard InChI is InChI=1S/C24H22FN5O4S2/c1-34-18-8-4-16(5-9-18)21-27-28-23(35)29(21)12-10-20(31)26-11-13-30-22(32)19(36-24(30)33)14-15-2-6-17(25)7-3-15/h2-9,14H,10-13H2,1H3,(H,26,31)(H,28,35). The highest BCUT2D eigenvalue weighted by Gasteiger charge is 2.34. The Hall–Kier alpha value is -3.77. The molecule has 1 aliphatic heterocycles. The zero-order valence-corrected chi connectivity index (χ0v) is 20.8. The van der Waals surface area contributed by atoms with Crippen molar-refractivity contribution in [3.05, 3.63) is 69.6 Å². The largest absolute Gasteiger partial charge is 0.497 e. The van der Waals surface area contributed by atoms with Crippen LogP contribution in [-0.2, 0) is 16.1 Å². The van der Waals surface area contributed by atoms with Crippen LogP contribution in [0.25, 0.3) is 17.5 Å². The number of ether oxygens (including phenoxy) is 1. The van der Waals surface area contributed by atoms with Crippen molar-refractivity contribution in [1.29, 1.82) is 0 Å². The van der Waals surface area contributed by atoms with Crippen LogP contribution < -0.4 is 10.1 Å². The molecule has 1 saturated heterocycles. The monoisotopic (exact) mass is 527 g/mol. The lowest BCUT2D eigenvalue weighted by Crippen LogP contribution is -2.37. The minimum atomic E-state index is -0.447. The molecular formula is C24H22FN5O4S2. The fourth-order valence-corrected chi connectivity index (χ4v) is 4.59. The van der Waals surface area contributed by atoms with Gasteiger partial charge < -0.3 is 10.1 Å². The molecule has 1 aliphatic rings. The summed E-state index contributed by atoms with van der Waals surface area (Å²) in [6, 6.07) is 12.9. The lowest BCUT2D eigenvalue weighted by molar-refractivity contribution is -0.124. The van der Waals surface area contributed by atoms with Gasteiger partial charge in [-0.1, -0.05) is 12.1 Å². The van der Waals surface area contributed by atoms with Gasteiger partial charge >= 0.3 is 0 Å². The number of aromatic amines is 1. The van der Waals surface area contributed by atoms with E-state index in [9.17, 15) is 18.8 Å². The molecule has 4 rings (SSSR count). The van der Waals surface area contributed by atoms with E-state index in [-0.39, 0.29) is 36.1 Å². The van der Waals surface area contributed by atoms with Crippen molar-refractivity contribution >= 4 is 47.1 Å². The lowest BCUT2D eigenvalue weighted by Gasteiger charge is -2.13. The highest BCUT2D eigenvalue weighted by Crippen LogP contribution is 2.31. The fourth-order valence-electron chi connectivity index (χ4n) is 3.50. The van der Waals surface area contributed by atoms with Crippen LogP contribution in [-0.4, -0.2) is 56.9 Å². The van der Waals surface area contributed by atoms with E-state index in [0.29, 0.717) is 28.5 Å². The Kier molecular flexibility index (Phi) is 7.96. The maximum Gasteiger partial charge on any atom is 0.293 e. The summed E-state index contributed by atoms with van der Waals surface area (Å²) in [7, 11) is 1.58. The molecule has 36 heavy (non-hydrogen) atoms. The number of imide groups is 1. The summed E-state index contributed by atoms with van der Waals surface area (Å²) in [6.45, 7) is 0.451. The van der Waals surface area contributed by atoms with Gasteiger partial charge in [0.2, 0.25) is 5.91 Å². The van der Waals surface area contributed by atoms with Gasteiger partial charge in [0.05, 0.1) is 12.0 Å². The second-order valence-electron chi connectivity index (χ2n) is 7.72. The number of amides is 3. The Labute approximate surface area is 215 Å². The van der Waals surface area contributed by atoms with Crippen molar-refractivity contribution in [3.8, 4) is 17.1 Å². The first-order chi connectivity index (χ1) is 17.4. The van der Waals surface area contributed by atoms with Crippen LogP contribution >= 0.6 is 24.0 Å². The molecule has 9 nitrogen and oxygen atoms in total. The first kappa shape index (κ1) is 25.3. The first-order valence-electron chi connectivity index (χ1n) is 10.9. The van der Waals surface area contributed by atoms with Crippen molar-refractivity contribution in [2.45, 2.75) is 13.0 Å². The third-order valence-electron chi connectivity index (χ3n) is 5.37. The van der Waals surface area contributed by atoms with Gasteiger partial charge in [-0.25, -0.2) is 4.39 Å². The Bertz CT molecular complexity index is 1370. The molecule has 1 fully saturated rings. The van der Waals surface area contributed by atoms with Gasteiger partial charge in [-0.3, -0.25) is 28.9 Å². The van der Waals surface area contributed by atoms with Crippen molar-refractivity contribution in [2.24, 2.45) is 0 Å². The Morgan fingerprint density at radius 3 is 2.58 bits per heavy atom. The number of thioether (sulfide) groups is 1. The summed E-state index contributed by atoms with van der Waals surface area (Å²) in [5.74, 6) is 0.222. The minimum Gasteiger partial charge on any atom is -0.497 e.